The summed E-state index contributed by atoms with van der Waals surface area (Å²) in [6, 6.07) is 5.38. The second-order valence-electron chi connectivity index (χ2n) is 5.58. The highest BCUT2D eigenvalue weighted by Crippen LogP contribution is 2.25. The van der Waals surface area contributed by atoms with E-state index in [2.05, 4.69) is 20.7 Å². The number of aromatic nitrogens is 3. The van der Waals surface area contributed by atoms with Gasteiger partial charge in [0, 0.05) is 24.5 Å². The van der Waals surface area contributed by atoms with E-state index in [1.54, 1.807) is 16.0 Å². The standard InChI is InChI=1S/C16H19N5OS/c1-9(13-8-21(4)20-10(13)2)17-16(22)19-12-5-6-14-15(7-12)23-11(3)18-14/h5-9H,1-4H3,(H2,17,19,22)/t9-/m0/s1. The van der Waals surface area contributed by atoms with E-state index in [9.17, 15) is 4.79 Å². The number of nitrogens with one attached hydrogen (secondary N) is 2. The Morgan fingerprint density at radius 2 is 2.13 bits per heavy atom. The van der Waals surface area contributed by atoms with Crippen molar-refractivity contribution in [2.24, 2.45) is 7.05 Å². The lowest BCUT2D eigenvalue weighted by molar-refractivity contribution is 0.249. The summed E-state index contributed by atoms with van der Waals surface area (Å²) in [6.07, 6.45) is 1.92. The summed E-state index contributed by atoms with van der Waals surface area (Å²) in [7, 11) is 1.87. The molecule has 0 saturated carbocycles. The van der Waals surface area contributed by atoms with Crippen LogP contribution >= 0.6 is 11.3 Å². The van der Waals surface area contributed by atoms with Crippen molar-refractivity contribution in [1.29, 1.82) is 0 Å². The van der Waals surface area contributed by atoms with Gasteiger partial charge in [-0.25, -0.2) is 9.78 Å². The van der Waals surface area contributed by atoms with Crippen LogP contribution in [0.5, 0.6) is 0 Å². The van der Waals surface area contributed by atoms with Crippen molar-refractivity contribution in [3.8, 4) is 0 Å². The van der Waals surface area contributed by atoms with Crippen LogP contribution < -0.4 is 10.6 Å². The van der Waals surface area contributed by atoms with Gasteiger partial charge in [0.2, 0.25) is 0 Å². The summed E-state index contributed by atoms with van der Waals surface area (Å²) in [5.41, 5.74) is 3.64. The molecule has 0 aliphatic carbocycles. The number of hydrogen-bond donors (Lipinski definition) is 2. The maximum Gasteiger partial charge on any atom is 0.319 e. The van der Waals surface area contributed by atoms with Crippen LogP contribution in [0.4, 0.5) is 10.5 Å². The van der Waals surface area contributed by atoms with Crippen molar-refractivity contribution < 1.29 is 4.79 Å². The fraction of sp³-hybridized carbons (Fsp3) is 0.312. The van der Waals surface area contributed by atoms with E-state index in [4.69, 9.17) is 0 Å². The van der Waals surface area contributed by atoms with Crippen molar-refractivity contribution in [3.63, 3.8) is 0 Å². The van der Waals surface area contributed by atoms with Crippen LogP contribution in [0.1, 0.15) is 29.2 Å². The van der Waals surface area contributed by atoms with Crippen molar-refractivity contribution in [3.05, 3.63) is 40.7 Å². The van der Waals surface area contributed by atoms with Crippen LogP contribution in [-0.2, 0) is 7.05 Å². The molecule has 7 heteroatoms. The van der Waals surface area contributed by atoms with Gasteiger partial charge in [0.1, 0.15) is 0 Å². The number of carbonyl (C=O) groups excluding carboxylic acids is 1. The summed E-state index contributed by atoms with van der Waals surface area (Å²) in [6.45, 7) is 5.85. The molecule has 1 atom stereocenters. The van der Waals surface area contributed by atoms with Gasteiger partial charge < -0.3 is 10.6 Å². The normalized spacial score (nSPS) is 12.3. The Kier molecular flexibility index (Phi) is 4.04. The van der Waals surface area contributed by atoms with E-state index in [1.807, 2.05) is 52.2 Å². The molecular weight excluding hydrogens is 310 g/mol. The molecule has 0 fully saturated rings. The van der Waals surface area contributed by atoms with E-state index in [1.165, 1.54) is 0 Å². The largest absolute Gasteiger partial charge is 0.331 e. The average molecular weight is 329 g/mol. The molecule has 2 amide bonds. The van der Waals surface area contributed by atoms with Crippen LogP contribution in [0.15, 0.2) is 24.4 Å². The molecule has 0 aliphatic heterocycles. The van der Waals surface area contributed by atoms with Crippen molar-refractivity contribution in [1.82, 2.24) is 20.1 Å². The molecule has 23 heavy (non-hydrogen) atoms. The zero-order valence-corrected chi connectivity index (χ0v) is 14.4. The first-order chi connectivity index (χ1) is 10.9. The predicted octanol–water partition coefficient (Wildman–Crippen LogP) is 3.53. The Balaban J connectivity index is 1.69. The topological polar surface area (TPSA) is 71.8 Å². The zero-order chi connectivity index (χ0) is 16.6. The number of hydrogen-bond acceptors (Lipinski definition) is 4. The molecule has 3 aromatic rings. The quantitative estimate of drug-likeness (QED) is 0.772. The SMILES string of the molecule is Cc1nc2ccc(NC(=O)N[C@@H](C)c3cn(C)nc3C)cc2s1. The van der Waals surface area contributed by atoms with Crippen LogP contribution in [0.3, 0.4) is 0 Å². The minimum absolute atomic E-state index is 0.113. The van der Waals surface area contributed by atoms with E-state index < -0.39 is 0 Å². The molecule has 0 radical (unpaired) electrons. The number of amides is 2. The number of carbonyl (C=O) groups is 1. The molecule has 1 aromatic carbocycles. The smallest absolute Gasteiger partial charge is 0.319 e. The number of benzene rings is 1. The van der Waals surface area contributed by atoms with E-state index >= 15 is 0 Å². The Labute approximate surface area is 138 Å². The molecular formula is C16H19N5OS. The number of anilines is 1. The fourth-order valence-corrected chi connectivity index (χ4v) is 3.47. The molecule has 2 N–H and O–H groups in total. The highest BCUT2D eigenvalue weighted by atomic mass is 32.1. The summed E-state index contributed by atoms with van der Waals surface area (Å²) in [4.78, 5) is 16.6. The van der Waals surface area contributed by atoms with Gasteiger partial charge in [0.05, 0.1) is 27.0 Å². The van der Waals surface area contributed by atoms with Gasteiger partial charge in [-0.05, 0) is 39.0 Å². The van der Waals surface area contributed by atoms with Crippen molar-refractivity contribution in [2.75, 3.05) is 5.32 Å². The maximum atomic E-state index is 12.2. The first-order valence-corrected chi connectivity index (χ1v) is 8.19. The monoisotopic (exact) mass is 329 g/mol. The van der Waals surface area contributed by atoms with E-state index in [0.717, 1.165) is 32.2 Å². The van der Waals surface area contributed by atoms with Gasteiger partial charge in [-0.1, -0.05) is 0 Å². The number of urea groups is 1. The Morgan fingerprint density at radius 3 is 2.83 bits per heavy atom. The molecule has 0 spiro atoms. The molecule has 0 unspecified atom stereocenters. The van der Waals surface area contributed by atoms with Crippen molar-refractivity contribution in [2.45, 2.75) is 26.8 Å². The highest BCUT2D eigenvalue weighted by Gasteiger charge is 2.14. The first-order valence-electron chi connectivity index (χ1n) is 7.37. The summed E-state index contributed by atoms with van der Waals surface area (Å²) < 4.78 is 2.82. The lowest BCUT2D eigenvalue weighted by atomic mass is 10.1. The van der Waals surface area contributed by atoms with E-state index in [0.29, 0.717) is 0 Å². The van der Waals surface area contributed by atoms with Gasteiger partial charge in [0.25, 0.3) is 0 Å². The van der Waals surface area contributed by atoms with Crippen LogP contribution in [0.2, 0.25) is 0 Å². The second-order valence-corrected chi connectivity index (χ2v) is 6.81. The molecule has 3 rings (SSSR count). The van der Waals surface area contributed by atoms with Gasteiger partial charge in [-0.2, -0.15) is 5.10 Å². The number of thiazole rings is 1. The third-order valence-electron chi connectivity index (χ3n) is 3.62. The van der Waals surface area contributed by atoms with Crippen LogP contribution in [0.25, 0.3) is 10.2 Å². The number of aryl methyl sites for hydroxylation is 3. The molecule has 2 heterocycles. The van der Waals surface area contributed by atoms with Crippen molar-refractivity contribution >= 4 is 33.3 Å². The minimum atomic E-state index is -0.235. The number of rotatable bonds is 3. The zero-order valence-electron chi connectivity index (χ0n) is 13.5. The van der Waals surface area contributed by atoms with Crippen LogP contribution in [-0.4, -0.2) is 20.8 Å². The molecule has 0 bridgehead atoms. The maximum absolute atomic E-state index is 12.2. The van der Waals surface area contributed by atoms with Gasteiger partial charge in [-0.15, -0.1) is 11.3 Å². The number of fused-ring (bicyclic) bond motifs is 1. The third-order valence-corrected chi connectivity index (χ3v) is 4.55. The molecule has 0 saturated heterocycles. The molecule has 2 aromatic heterocycles. The average Bonchev–Trinajstić information content (AvgIpc) is 2.99. The van der Waals surface area contributed by atoms with Crippen LogP contribution in [0, 0.1) is 13.8 Å². The lowest BCUT2D eigenvalue weighted by Crippen LogP contribution is -2.31. The Morgan fingerprint density at radius 1 is 1.35 bits per heavy atom. The summed E-state index contributed by atoms with van der Waals surface area (Å²) in [5.74, 6) is 0. The fourth-order valence-electron chi connectivity index (χ4n) is 2.60. The summed E-state index contributed by atoms with van der Waals surface area (Å²) in [5, 5.41) is 11.1. The summed E-state index contributed by atoms with van der Waals surface area (Å²) >= 11 is 1.62. The van der Waals surface area contributed by atoms with Gasteiger partial charge in [0.15, 0.2) is 0 Å². The number of nitrogens with zero attached hydrogens (tertiary/aromatic N) is 3. The molecule has 6 nitrogen and oxygen atoms in total. The highest BCUT2D eigenvalue weighted by molar-refractivity contribution is 7.18. The molecule has 120 valence electrons. The Hall–Kier alpha value is -2.41. The Bertz CT molecular complexity index is 867. The second kappa shape index (κ2) is 6.00. The molecule has 0 aliphatic rings. The minimum Gasteiger partial charge on any atom is -0.331 e. The third kappa shape index (κ3) is 3.34. The van der Waals surface area contributed by atoms with E-state index in [-0.39, 0.29) is 12.1 Å². The van der Waals surface area contributed by atoms with Gasteiger partial charge in [-0.3, -0.25) is 4.68 Å². The predicted molar refractivity (Wildman–Crippen MR) is 92.9 cm³/mol. The van der Waals surface area contributed by atoms with Gasteiger partial charge >= 0.3 is 6.03 Å². The lowest BCUT2D eigenvalue weighted by Gasteiger charge is -2.14. The first kappa shape index (κ1) is 15.5.